The summed E-state index contributed by atoms with van der Waals surface area (Å²) in [6.07, 6.45) is 1.20. The van der Waals surface area contributed by atoms with Crippen molar-refractivity contribution in [3.8, 4) is 11.1 Å². The van der Waals surface area contributed by atoms with Crippen LogP contribution in [0.2, 0.25) is 0 Å². The number of amides is 1. The monoisotopic (exact) mass is 451 g/mol. The van der Waals surface area contributed by atoms with Crippen LogP contribution in [0, 0.1) is 32.6 Å². The van der Waals surface area contributed by atoms with E-state index in [1.807, 2.05) is 30.3 Å². The molecule has 0 radical (unpaired) electrons. The number of carbonyl (C=O) groups is 1. The fourth-order valence-electron chi connectivity index (χ4n) is 5.58. The number of aryl methyl sites for hydroxylation is 3. The summed E-state index contributed by atoms with van der Waals surface area (Å²) in [5.41, 5.74) is 8.02. The van der Waals surface area contributed by atoms with Crippen LogP contribution < -0.4 is 5.32 Å². The maximum Gasteiger partial charge on any atom is 0.295 e. The van der Waals surface area contributed by atoms with E-state index in [0.29, 0.717) is 24.4 Å². The van der Waals surface area contributed by atoms with E-state index in [0.717, 1.165) is 39.9 Å². The number of piperidine rings is 1. The van der Waals surface area contributed by atoms with E-state index >= 15 is 0 Å². The molecule has 1 N–H and O–H groups in total. The molecule has 0 unspecified atom stereocenters. The Morgan fingerprint density at radius 3 is 2.62 bits per heavy atom. The van der Waals surface area contributed by atoms with Crippen LogP contribution >= 0.6 is 0 Å². The van der Waals surface area contributed by atoms with Crippen molar-refractivity contribution in [3.63, 3.8) is 0 Å². The van der Waals surface area contributed by atoms with Crippen molar-refractivity contribution in [2.45, 2.75) is 33.2 Å². The van der Waals surface area contributed by atoms with E-state index in [1.54, 1.807) is 0 Å². The minimum Gasteiger partial charge on any atom is -0.424 e. The molecule has 0 bridgehead atoms. The van der Waals surface area contributed by atoms with E-state index < -0.39 is 0 Å². The molecule has 2 heterocycles. The highest BCUT2D eigenvalue weighted by molar-refractivity contribution is 6.01. The number of rotatable bonds is 5. The van der Waals surface area contributed by atoms with Gasteiger partial charge in [0.05, 0.1) is 6.04 Å². The quantitative estimate of drug-likeness (QED) is 0.405. The molecule has 0 spiro atoms. The molecule has 2 fully saturated rings. The molecule has 34 heavy (non-hydrogen) atoms. The number of para-hydroxylation sites is 2. The summed E-state index contributed by atoms with van der Waals surface area (Å²) in [7, 11) is 0. The number of hydrogen-bond acceptors (Lipinski definition) is 4. The molecular weight excluding hydrogens is 422 g/mol. The van der Waals surface area contributed by atoms with Gasteiger partial charge in [0.1, 0.15) is 5.52 Å². The Bertz CT molecular complexity index is 1350. The third-order valence-electron chi connectivity index (χ3n) is 7.26. The van der Waals surface area contributed by atoms with Gasteiger partial charge < -0.3 is 14.6 Å². The predicted molar refractivity (Wildman–Crippen MR) is 135 cm³/mol. The maximum atomic E-state index is 14.0. The molecule has 2 aliphatic rings. The second-order valence-corrected chi connectivity index (χ2v) is 9.98. The smallest absolute Gasteiger partial charge is 0.295 e. The molecule has 1 amide bonds. The third-order valence-corrected chi connectivity index (χ3v) is 7.26. The molecule has 3 atom stereocenters. The number of nitrogens with one attached hydrogen (secondary N) is 1. The van der Waals surface area contributed by atoms with Crippen LogP contribution in [0.3, 0.4) is 0 Å². The van der Waals surface area contributed by atoms with Crippen molar-refractivity contribution in [3.05, 3.63) is 82.9 Å². The van der Waals surface area contributed by atoms with Crippen molar-refractivity contribution in [1.82, 2.24) is 9.88 Å². The van der Waals surface area contributed by atoms with Crippen LogP contribution in [0.15, 0.2) is 65.1 Å². The van der Waals surface area contributed by atoms with E-state index in [2.05, 4.69) is 66.3 Å². The van der Waals surface area contributed by atoms with E-state index in [-0.39, 0.29) is 11.9 Å². The summed E-state index contributed by atoms with van der Waals surface area (Å²) in [6.45, 7) is 7.73. The number of benzene rings is 3. The lowest BCUT2D eigenvalue weighted by atomic mass is 9.94. The number of likely N-dealkylation sites (tertiary alicyclic amines) is 1. The molecule has 1 saturated heterocycles. The highest BCUT2D eigenvalue weighted by atomic mass is 16.4. The first-order chi connectivity index (χ1) is 16.5. The number of oxazole rings is 1. The molecule has 172 valence electrons. The molecule has 4 aromatic rings. The minimum atomic E-state index is 0.120. The fraction of sp³-hybridized carbons (Fsp3) is 0.310. The lowest BCUT2D eigenvalue weighted by Gasteiger charge is -2.28. The number of hydrogen-bond donors (Lipinski definition) is 1. The highest BCUT2D eigenvalue weighted by Crippen LogP contribution is 2.50. The Hall–Kier alpha value is -3.60. The number of anilines is 1. The van der Waals surface area contributed by atoms with Gasteiger partial charge in [0.2, 0.25) is 0 Å². The zero-order valence-electron chi connectivity index (χ0n) is 19.8. The second kappa shape index (κ2) is 8.01. The van der Waals surface area contributed by atoms with Crippen LogP contribution in [0.5, 0.6) is 0 Å². The molecule has 5 nitrogen and oxygen atoms in total. The maximum absolute atomic E-state index is 14.0. The van der Waals surface area contributed by atoms with Crippen LogP contribution in [0.4, 0.5) is 6.01 Å². The number of aromatic nitrogens is 1. The summed E-state index contributed by atoms with van der Waals surface area (Å²) in [6, 6.07) is 21.2. The first-order valence-corrected chi connectivity index (χ1v) is 12.1. The van der Waals surface area contributed by atoms with Gasteiger partial charge in [-0.3, -0.25) is 4.79 Å². The molecule has 5 heteroatoms. The van der Waals surface area contributed by atoms with Crippen LogP contribution in [-0.4, -0.2) is 34.9 Å². The van der Waals surface area contributed by atoms with Crippen molar-refractivity contribution in [2.75, 3.05) is 18.4 Å². The normalized spacial score (nSPS) is 21.0. The Balaban J connectivity index is 1.28. The topological polar surface area (TPSA) is 58.4 Å². The summed E-state index contributed by atoms with van der Waals surface area (Å²) in [5.74, 6) is 1.28. The largest absolute Gasteiger partial charge is 0.424 e. The van der Waals surface area contributed by atoms with Gasteiger partial charge in [0.15, 0.2) is 5.58 Å². The zero-order chi connectivity index (χ0) is 23.4. The van der Waals surface area contributed by atoms with Crippen LogP contribution in [0.25, 0.3) is 22.2 Å². The van der Waals surface area contributed by atoms with Gasteiger partial charge in [-0.2, -0.15) is 4.98 Å². The van der Waals surface area contributed by atoms with Gasteiger partial charge in [-0.05, 0) is 68.4 Å². The first-order valence-electron chi connectivity index (χ1n) is 12.1. The Kier molecular flexibility index (Phi) is 4.94. The summed E-state index contributed by atoms with van der Waals surface area (Å²) in [5, 5.41) is 3.37. The molecule has 1 aliphatic heterocycles. The molecule has 1 saturated carbocycles. The average Bonchev–Trinajstić information content (AvgIpc) is 3.30. The van der Waals surface area contributed by atoms with Crippen molar-refractivity contribution >= 4 is 23.0 Å². The molecule has 1 aromatic heterocycles. The molecule has 3 aromatic carbocycles. The Morgan fingerprint density at radius 1 is 1.03 bits per heavy atom. The molecule has 1 aliphatic carbocycles. The van der Waals surface area contributed by atoms with Crippen molar-refractivity contribution < 1.29 is 9.21 Å². The minimum absolute atomic E-state index is 0.120. The van der Waals surface area contributed by atoms with E-state index in [4.69, 9.17) is 4.42 Å². The SMILES string of the molecule is Cc1cc(C)cc(-c2ccc(C)cc2C(=O)N2C[C@H]3C[C@H]3[C@H]2CNc2nc3ccccc3o2)c1. The summed E-state index contributed by atoms with van der Waals surface area (Å²) in [4.78, 5) is 20.6. The number of carbonyl (C=O) groups excluding carboxylic acids is 1. The molecule has 6 rings (SSSR count). The molecular formula is C29H29N3O2. The van der Waals surface area contributed by atoms with Crippen LogP contribution in [-0.2, 0) is 0 Å². The van der Waals surface area contributed by atoms with Crippen LogP contribution in [0.1, 0.15) is 33.5 Å². The fourth-order valence-corrected chi connectivity index (χ4v) is 5.58. The summed E-state index contributed by atoms with van der Waals surface area (Å²) >= 11 is 0. The van der Waals surface area contributed by atoms with E-state index in [9.17, 15) is 4.79 Å². The first kappa shape index (κ1) is 21.0. The Labute approximate surface area is 199 Å². The van der Waals surface area contributed by atoms with Gasteiger partial charge in [-0.15, -0.1) is 0 Å². The van der Waals surface area contributed by atoms with Gasteiger partial charge >= 0.3 is 0 Å². The lowest BCUT2D eigenvalue weighted by molar-refractivity contribution is 0.0715. The average molecular weight is 452 g/mol. The number of nitrogens with zero attached hydrogens (tertiary/aromatic N) is 2. The standard InChI is InChI=1S/C29H29N3O2/c1-17-8-9-22(20-11-18(2)10-19(3)12-20)24(13-17)28(33)32-16-21-14-23(21)26(32)15-30-29-31-25-6-4-5-7-27(25)34-29/h4-13,21,23,26H,14-16H2,1-3H3,(H,30,31)/t21-,23-,26-/m1/s1. The lowest BCUT2D eigenvalue weighted by Crippen LogP contribution is -2.42. The van der Waals surface area contributed by atoms with Gasteiger partial charge in [0, 0.05) is 18.7 Å². The zero-order valence-corrected chi connectivity index (χ0v) is 19.8. The number of fused-ring (bicyclic) bond motifs is 2. The van der Waals surface area contributed by atoms with Gasteiger partial charge in [-0.25, -0.2) is 0 Å². The van der Waals surface area contributed by atoms with Crippen molar-refractivity contribution in [1.29, 1.82) is 0 Å². The highest BCUT2D eigenvalue weighted by Gasteiger charge is 2.54. The van der Waals surface area contributed by atoms with Gasteiger partial charge in [-0.1, -0.05) is 59.2 Å². The second-order valence-electron chi connectivity index (χ2n) is 9.98. The van der Waals surface area contributed by atoms with Crippen molar-refractivity contribution in [2.24, 2.45) is 11.8 Å². The Morgan fingerprint density at radius 2 is 1.82 bits per heavy atom. The summed E-state index contributed by atoms with van der Waals surface area (Å²) < 4.78 is 5.85. The predicted octanol–water partition coefficient (Wildman–Crippen LogP) is 5.99. The van der Waals surface area contributed by atoms with Gasteiger partial charge in [0.25, 0.3) is 11.9 Å². The van der Waals surface area contributed by atoms with E-state index in [1.165, 1.54) is 17.5 Å². The third kappa shape index (κ3) is 3.75.